The summed E-state index contributed by atoms with van der Waals surface area (Å²) in [5.41, 5.74) is 6.33. The topological polar surface area (TPSA) is 80.9 Å². The Labute approximate surface area is 107 Å². The lowest BCUT2D eigenvalue weighted by Gasteiger charge is -2.39. The fraction of sp³-hybridized carbons (Fsp3) is 0.615. The Morgan fingerprint density at radius 1 is 1.56 bits per heavy atom. The van der Waals surface area contributed by atoms with E-state index in [2.05, 4.69) is 15.3 Å². The van der Waals surface area contributed by atoms with Crippen LogP contribution in [0.25, 0.3) is 0 Å². The summed E-state index contributed by atoms with van der Waals surface area (Å²) >= 11 is 0. The summed E-state index contributed by atoms with van der Waals surface area (Å²) in [6.45, 7) is 1.90. The number of hydrogen-bond acceptors (Lipinski definition) is 4. The van der Waals surface area contributed by atoms with Gasteiger partial charge in [-0.25, -0.2) is 9.97 Å². The number of nitrogens with one attached hydrogen (secondary N) is 1. The molecule has 98 valence electrons. The molecule has 1 fully saturated rings. The molecule has 1 amide bonds. The van der Waals surface area contributed by atoms with Crippen LogP contribution in [0, 0.1) is 6.92 Å². The van der Waals surface area contributed by atoms with Gasteiger partial charge in [0.05, 0.1) is 0 Å². The van der Waals surface area contributed by atoms with Gasteiger partial charge in [0.25, 0.3) is 0 Å². The van der Waals surface area contributed by atoms with E-state index in [9.17, 15) is 4.79 Å². The zero-order valence-electron chi connectivity index (χ0n) is 10.9. The van der Waals surface area contributed by atoms with Crippen molar-refractivity contribution in [2.24, 2.45) is 5.73 Å². The number of likely N-dealkylation sites (N-methyl/N-ethyl adjacent to an activating group) is 1. The largest absolute Gasteiger partial charge is 0.358 e. The van der Waals surface area contributed by atoms with Gasteiger partial charge in [-0.1, -0.05) is 12.8 Å². The van der Waals surface area contributed by atoms with E-state index in [0.29, 0.717) is 5.82 Å². The lowest BCUT2D eigenvalue weighted by molar-refractivity contribution is -0.128. The average molecular weight is 248 g/mol. The molecule has 1 aromatic rings. The van der Waals surface area contributed by atoms with Crippen LogP contribution in [0.15, 0.2) is 12.3 Å². The predicted octanol–water partition coefficient (Wildman–Crippen LogP) is 0.670. The molecule has 0 radical (unpaired) electrons. The highest BCUT2D eigenvalue weighted by molar-refractivity contribution is 5.88. The van der Waals surface area contributed by atoms with Crippen LogP contribution in [0.3, 0.4) is 0 Å². The van der Waals surface area contributed by atoms with Crippen LogP contribution in [0.4, 0.5) is 0 Å². The molecule has 3 N–H and O–H groups in total. The third-order valence-corrected chi connectivity index (χ3v) is 3.80. The van der Waals surface area contributed by atoms with Crippen molar-refractivity contribution in [3.05, 3.63) is 23.8 Å². The molecule has 2 unspecified atom stereocenters. The maximum absolute atomic E-state index is 12.3. The SMILES string of the molecule is CNC(=O)C1(c2nccc(C)n2)CCCCC1N. The maximum Gasteiger partial charge on any atom is 0.235 e. The number of hydrogen-bond donors (Lipinski definition) is 2. The molecule has 0 spiro atoms. The summed E-state index contributed by atoms with van der Waals surface area (Å²) in [4.78, 5) is 21.1. The van der Waals surface area contributed by atoms with Crippen LogP contribution in [-0.2, 0) is 10.2 Å². The molecule has 0 aliphatic heterocycles. The number of nitrogens with two attached hydrogens (primary N) is 1. The molecule has 1 aromatic heterocycles. The summed E-state index contributed by atoms with van der Waals surface area (Å²) in [6, 6.07) is 1.61. The first-order valence-corrected chi connectivity index (χ1v) is 6.39. The number of aromatic nitrogens is 2. The van der Waals surface area contributed by atoms with Gasteiger partial charge >= 0.3 is 0 Å². The van der Waals surface area contributed by atoms with E-state index in [1.807, 2.05) is 13.0 Å². The molecule has 0 aromatic carbocycles. The minimum atomic E-state index is -0.765. The molecular weight excluding hydrogens is 228 g/mol. The highest BCUT2D eigenvalue weighted by atomic mass is 16.2. The van der Waals surface area contributed by atoms with Crippen molar-refractivity contribution < 1.29 is 4.79 Å². The zero-order chi connectivity index (χ0) is 13.2. The number of carbonyl (C=O) groups excluding carboxylic acids is 1. The van der Waals surface area contributed by atoms with E-state index in [1.165, 1.54) is 0 Å². The average Bonchev–Trinajstić information content (AvgIpc) is 2.38. The lowest BCUT2D eigenvalue weighted by Crippen LogP contribution is -2.57. The first-order chi connectivity index (χ1) is 8.61. The van der Waals surface area contributed by atoms with Crippen LogP contribution in [0.2, 0.25) is 0 Å². The fourth-order valence-corrected chi connectivity index (χ4v) is 2.75. The van der Waals surface area contributed by atoms with E-state index < -0.39 is 5.41 Å². The smallest absolute Gasteiger partial charge is 0.235 e. The Balaban J connectivity index is 2.51. The predicted molar refractivity (Wildman–Crippen MR) is 69.0 cm³/mol. The Morgan fingerprint density at radius 2 is 2.33 bits per heavy atom. The Kier molecular flexibility index (Phi) is 3.61. The van der Waals surface area contributed by atoms with Crippen LogP contribution >= 0.6 is 0 Å². The van der Waals surface area contributed by atoms with Crippen molar-refractivity contribution in [1.82, 2.24) is 15.3 Å². The minimum Gasteiger partial charge on any atom is -0.358 e. The number of amides is 1. The summed E-state index contributed by atoms with van der Waals surface area (Å²) in [5.74, 6) is 0.495. The third kappa shape index (κ3) is 1.99. The molecule has 1 aliphatic carbocycles. The van der Waals surface area contributed by atoms with E-state index in [0.717, 1.165) is 31.4 Å². The van der Waals surface area contributed by atoms with Crippen LogP contribution in [-0.4, -0.2) is 29.0 Å². The van der Waals surface area contributed by atoms with Crippen molar-refractivity contribution in [1.29, 1.82) is 0 Å². The Bertz CT molecular complexity index is 448. The van der Waals surface area contributed by atoms with Crippen LogP contribution < -0.4 is 11.1 Å². The van der Waals surface area contributed by atoms with Gasteiger partial charge in [-0.05, 0) is 25.8 Å². The quantitative estimate of drug-likeness (QED) is 0.806. The van der Waals surface area contributed by atoms with Gasteiger partial charge in [-0.15, -0.1) is 0 Å². The summed E-state index contributed by atoms with van der Waals surface area (Å²) < 4.78 is 0. The summed E-state index contributed by atoms with van der Waals surface area (Å²) in [5, 5.41) is 2.72. The number of nitrogens with zero attached hydrogens (tertiary/aromatic N) is 2. The highest BCUT2D eigenvalue weighted by Gasteiger charge is 2.48. The maximum atomic E-state index is 12.3. The van der Waals surface area contributed by atoms with Crippen LogP contribution in [0.5, 0.6) is 0 Å². The lowest BCUT2D eigenvalue weighted by atomic mass is 9.69. The van der Waals surface area contributed by atoms with E-state index in [1.54, 1.807) is 13.2 Å². The molecule has 0 saturated heterocycles. The summed E-state index contributed by atoms with van der Waals surface area (Å²) in [6.07, 6.45) is 5.30. The fourth-order valence-electron chi connectivity index (χ4n) is 2.75. The number of rotatable bonds is 2. The van der Waals surface area contributed by atoms with Gasteiger partial charge < -0.3 is 11.1 Å². The summed E-state index contributed by atoms with van der Waals surface area (Å²) in [7, 11) is 1.64. The molecule has 18 heavy (non-hydrogen) atoms. The molecule has 0 bridgehead atoms. The van der Waals surface area contributed by atoms with E-state index in [4.69, 9.17) is 5.73 Å². The minimum absolute atomic E-state index is 0.0692. The van der Waals surface area contributed by atoms with Crippen molar-refractivity contribution >= 4 is 5.91 Å². The molecular formula is C13H20N4O. The van der Waals surface area contributed by atoms with Gasteiger partial charge in [0.15, 0.2) is 0 Å². The van der Waals surface area contributed by atoms with Crippen LogP contribution in [0.1, 0.15) is 37.2 Å². The van der Waals surface area contributed by atoms with Crippen molar-refractivity contribution in [3.8, 4) is 0 Å². The van der Waals surface area contributed by atoms with E-state index in [-0.39, 0.29) is 11.9 Å². The second-order valence-corrected chi connectivity index (χ2v) is 4.92. The Morgan fingerprint density at radius 3 is 2.94 bits per heavy atom. The van der Waals surface area contributed by atoms with Gasteiger partial charge in [-0.2, -0.15) is 0 Å². The van der Waals surface area contributed by atoms with E-state index >= 15 is 0 Å². The molecule has 2 atom stereocenters. The Hall–Kier alpha value is -1.49. The first kappa shape index (κ1) is 13.0. The van der Waals surface area contributed by atoms with Crippen molar-refractivity contribution in [2.45, 2.75) is 44.1 Å². The molecule has 5 heteroatoms. The van der Waals surface area contributed by atoms with Gasteiger partial charge in [0, 0.05) is 25.0 Å². The molecule has 5 nitrogen and oxygen atoms in total. The molecule has 1 aliphatic rings. The van der Waals surface area contributed by atoms with Gasteiger partial charge in [-0.3, -0.25) is 4.79 Å². The number of aryl methyl sites for hydroxylation is 1. The second kappa shape index (κ2) is 5.02. The van der Waals surface area contributed by atoms with Crippen molar-refractivity contribution in [3.63, 3.8) is 0 Å². The monoisotopic (exact) mass is 248 g/mol. The molecule has 1 heterocycles. The molecule has 2 rings (SSSR count). The van der Waals surface area contributed by atoms with Crippen molar-refractivity contribution in [2.75, 3.05) is 7.05 Å². The normalized spacial score (nSPS) is 27.8. The number of carbonyl (C=O) groups is 1. The zero-order valence-corrected chi connectivity index (χ0v) is 10.9. The van der Waals surface area contributed by atoms with Gasteiger partial charge in [0.1, 0.15) is 11.2 Å². The van der Waals surface area contributed by atoms with Gasteiger partial charge in [0.2, 0.25) is 5.91 Å². The third-order valence-electron chi connectivity index (χ3n) is 3.80. The second-order valence-electron chi connectivity index (χ2n) is 4.92. The highest BCUT2D eigenvalue weighted by Crippen LogP contribution is 2.37. The molecule has 1 saturated carbocycles. The standard InChI is InChI=1S/C13H20N4O/c1-9-6-8-16-11(17-9)13(12(18)15-2)7-4-3-5-10(13)14/h6,8,10H,3-5,7,14H2,1-2H3,(H,15,18). The first-order valence-electron chi connectivity index (χ1n) is 6.39.